The summed E-state index contributed by atoms with van der Waals surface area (Å²) in [5.74, 6) is 0.0936. The number of nitrogen functional groups attached to an aromatic ring is 1. The first kappa shape index (κ1) is 26.4. The molecular weight excluding hydrogens is 620 g/mol. The Hall–Kier alpha value is -3.26. The van der Waals surface area contributed by atoms with Crippen LogP contribution in [0.3, 0.4) is 0 Å². The Morgan fingerprint density at radius 1 is 1.05 bits per heavy atom. The number of nitrogens with one attached hydrogen (secondary N) is 4. The molecule has 3 aromatic rings. The second kappa shape index (κ2) is 10.5. The number of halogens is 2. The number of aromatic amines is 1. The standard InChI is InChI=1S/C24H30Br2N10O2/c1-35-9-12(25)4-17(35)21(37)29-6-11-3-15-20(34-24(28)32-15)19(16-8-31-23(27)33-16)14(11)7-30-22(38)18-5-13(26)10-36(18)2/h4-5,9-11,14,16,19H,3,6-8H2,1-2H3,(H,29,37)(H,30,38)(H3,27,31,33)(H3,28,32,34)/t11-,14-,16?,19-/m1/s1. The predicted octanol–water partition coefficient (Wildman–Crippen LogP) is 1.21. The lowest BCUT2D eigenvalue weighted by molar-refractivity contribution is 0.0894. The number of guanidine groups is 1. The molecule has 0 spiro atoms. The van der Waals surface area contributed by atoms with Crippen molar-refractivity contribution in [3.8, 4) is 0 Å². The number of nitrogens with two attached hydrogens (primary N) is 2. The van der Waals surface area contributed by atoms with Crippen LogP contribution in [0.2, 0.25) is 0 Å². The van der Waals surface area contributed by atoms with Gasteiger partial charge in [0.05, 0.1) is 18.3 Å². The third-order valence-electron chi connectivity index (χ3n) is 7.33. The Labute approximate surface area is 236 Å². The topological polar surface area (TPSA) is 173 Å². The van der Waals surface area contributed by atoms with Crippen LogP contribution in [-0.2, 0) is 20.5 Å². The first-order valence-electron chi connectivity index (χ1n) is 12.2. The molecule has 1 aliphatic heterocycles. The van der Waals surface area contributed by atoms with Crippen molar-refractivity contribution in [1.82, 2.24) is 35.1 Å². The molecule has 14 heteroatoms. The van der Waals surface area contributed by atoms with Gasteiger partial charge in [-0.05, 0) is 62.2 Å². The summed E-state index contributed by atoms with van der Waals surface area (Å²) in [6.07, 6.45) is 4.29. The first-order chi connectivity index (χ1) is 18.1. The molecule has 0 saturated carbocycles. The van der Waals surface area contributed by atoms with E-state index in [4.69, 9.17) is 11.5 Å². The smallest absolute Gasteiger partial charge is 0.267 e. The lowest BCUT2D eigenvalue weighted by Crippen LogP contribution is -2.50. The minimum absolute atomic E-state index is 0.0240. The number of aryl methyl sites for hydroxylation is 2. The van der Waals surface area contributed by atoms with Gasteiger partial charge < -0.3 is 41.5 Å². The van der Waals surface area contributed by atoms with Crippen LogP contribution in [-0.4, -0.2) is 62.6 Å². The van der Waals surface area contributed by atoms with Crippen LogP contribution in [0, 0.1) is 11.8 Å². The van der Waals surface area contributed by atoms with Gasteiger partial charge >= 0.3 is 0 Å². The highest BCUT2D eigenvalue weighted by Gasteiger charge is 2.44. The Bertz CT molecular complexity index is 1410. The molecular formula is C24H30Br2N10O2. The summed E-state index contributed by atoms with van der Waals surface area (Å²) in [6.45, 7) is 1.25. The SMILES string of the molecule is Cn1cc(Br)cc1C(=O)NC[C@H]1Cc2[nH]c(N)nc2[C@@H](C2CN=C(N)N2)[C@@H]1CNC(=O)c1cc(Br)cn1C. The highest BCUT2D eigenvalue weighted by molar-refractivity contribution is 9.10. The molecule has 202 valence electrons. The fourth-order valence-corrected chi connectivity index (χ4v) is 6.64. The number of aliphatic imine (C=N–C) groups is 1. The molecule has 0 fully saturated rings. The van der Waals surface area contributed by atoms with Gasteiger partial charge in [0, 0.05) is 60.1 Å². The maximum absolute atomic E-state index is 13.1. The van der Waals surface area contributed by atoms with Gasteiger partial charge in [-0.15, -0.1) is 0 Å². The summed E-state index contributed by atoms with van der Waals surface area (Å²) in [7, 11) is 3.65. The first-order valence-corrected chi connectivity index (χ1v) is 13.8. The van der Waals surface area contributed by atoms with E-state index in [0.29, 0.717) is 49.4 Å². The van der Waals surface area contributed by atoms with Crippen LogP contribution in [0.4, 0.5) is 5.95 Å². The number of hydrogen-bond donors (Lipinski definition) is 6. The summed E-state index contributed by atoms with van der Waals surface area (Å²) >= 11 is 6.85. The third-order valence-corrected chi connectivity index (χ3v) is 8.20. The van der Waals surface area contributed by atoms with Gasteiger partial charge in [0.25, 0.3) is 11.8 Å². The number of imidazole rings is 1. The summed E-state index contributed by atoms with van der Waals surface area (Å²) in [5.41, 5.74) is 14.9. The number of amides is 2. The zero-order valence-corrected chi connectivity index (χ0v) is 24.1. The highest BCUT2D eigenvalue weighted by atomic mass is 79.9. The quantitative estimate of drug-likeness (QED) is 0.224. The maximum atomic E-state index is 13.1. The third kappa shape index (κ3) is 5.19. The van der Waals surface area contributed by atoms with E-state index in [1.807, 2.05) is 26.5 Å². The minimum Gasteiger partial charge on any atom is -0.370 e. The molecule has 8 N–H and O–H groups in total. The molecule has 5 rings (SSSR count). The van der Waals surface area contributed by atoms with E-state index in [-0.39, 0.29) is 35.6 Å². The number of fused-ring (bicyclic) bond motifs is 1. The molecule has 0 radical (unpaired) electrons. The number of hydrogen-bond acceptors (Lipinski definition) is 7. The van der Waals surface area contributed by atoms with Crippen molar-refractivity contribution in [1.29, 1.82) is 0 Å². The molecule has 4 heterocycles. The molecule has 12 nitrogen and oxygen atoms in total. The number of H-pyrrole nitrogens is 1. The Morgan fingerprint density at radius 3 is 2.18 bits per heavy atom. The summed E-state index contributed by atoms with van der Waals surface area (Å²) in [6, 6.07) is 3.44. The largest absolute Gasteiger partial charge is 0.370 e. The van der Waals surface area contributed by atoms with Gasteiger partial charge in [0.1, 0.15) is 11.4 Å². The van der Waals surface area contributed by atoms with Crippen LogP contribution >= 0.6 is 31.9 Å². The second-order valence-corrected chi connectivity index (χ2v) is 11.7. The van der Waals surface area contributed by atoms with E-state index in [2.05, 4.69) is 62.8 Å². The Morgan fingerprint density at radius 2 is 1.66 bits per heavy atom. The van der Waals surface area contributed by atoms with Gasteiger partial charge in [-0.3, -0.25) is 14.6 Å². The molecule has 3 aromatic heterocycles. The molecule has 1 unspecified atom stereocenters. The molecule has 1 aliphatic carbocycles. The Balaban J connectivity index is 1.42. The molecule has 0 saturated heterocycles. The van der Waals surface area contributed by atoms with Crippen molar-refractivity contribution < 1.29 is 9.59 Å². The minimum atomic E-state index is -0.184. The van der Waals surface area contributed by atoms with Crippen molar-refractivity contribution in [2.75, 3.05) is 25.4 Å². The molecule has 0 aromatic carbocycles. The second-order valence-electron chi connectivity index (χ2n) is 9.85. The number of carbonyl (C=O) groups is 2. The number of carbonyl (C=O) groups excluding carboxylic acids is 2. The fraction of sp³-hybridized carbons (Fsp3) is 0.417. The van der Waals surface area contributed by atoms with Crippen molar-refractivity contribution in [2.45, 2.75) is 18.4 Å². The van der Waals surface area contributed by atoms with E-state index in [0.717, 1.165) is 20.3 Å². The van der Waals surface area contributed by atoms with Gasteiger partial charge in [-0.25, -0.2) is 4.98 Å². The van der Waals surface area contributed by atoms with Gasteiger partial charge in [-0.2, -0.15) is 0 Å². The number of rotatable bonds is 7. The molecule has 0 bridgehead atoms. The number of nitrogens with zero attached hydrogens (tertiary/aromatic N) is 4. The van der Waals surface area contributed by atoms with Crippen LogP contribution in [0.25, 0.3) is 0 Å². The average Bonchev–Trinajstić information content (AvgIpc) is 3.61. The summed E-state index contributed by atoms with van der Waals surface area (Å²) in [5, 5.41) is 9.49. The normalized spacial score (nSPS) is 22.5. The van der Waals surface area contributed by atoms with Gasteiger partial charge in [-0.1, -0.05) is 0 Å². The molecule has 38 heavy (non-hydrogen) atoms. The van der Waals surface area contributed by atoms with Gasteiger partial charge in [0.15, 0.2) is 11.9 Å². The number of aromatic nitrogens is 4. The lowest BCUT2D eigenvalue weighted by atomic mass is 9.69. The van der Waals surface area contributed by atoms with Crippen LogP contribution in [0.1, 0.15) is 38.3 Å². The van der Waals surface area contributed by atoms with Crippen molar-refractivity contribution >= 4 is 55.6 Å². The zero-order valence-electron chi connectivity index (χ0n) is 21.0. The van der Waals surface area contributed by atoms with Crippen molar-refractivity contribution in [2.24, 2.45) is 36.7 Å². The highest BCUT2D eigenvalue weighted by Crippen LogP contribution is 2.41. The number of anilines is 1. The lowest BCUT2D eigenvalue weighted by Gasteiger charge is -2.40. The van der Waals surface area contributed by atoms with Crippen molar-refractivity contribution in [3.05, 3.63) is 56.2 Å². The summed E-state index contributed by atoms with van der Waals surface area (Å²) < 4.78 is 5.20. The van der Waals surface area contributed by atoms with Crippen LogP contribution in [0.5, 0.6) is 0 Å². The summed E-state index contributed by atoms with van der Waals surface area (Å²) in [4.78, 5) is 38.3. The molecule has 4 atom stereocenters. The molecule has 2 amide bonds. The monoisotopic (exact) mass is 648 g/mol. The van der Waals surface area contributed by atoms with Crippen molar-refractivity contribution in [3.63, 3.8) is 0 Å². The predicted molar refractivity (Wildman–Crippen MR) is 151 cm³/mol. The van der Waals surface area contributed by atoms with E-state index in [1.165, 1.54) is 0 Å². The molecule has 2 aliphatic rings. The van der Waals surface area contributed by atoms with Crippen LogP contribution in [0.15, 0.2) is 38.5 Å². The fourth-order valence-electron chi connectivity index (χ4n) is 5.59. The maximum Gasteiger partial charge on any atom is 0.267 e. The van der Waals surface area contributed by atoms with Crippen LogP contribution < -0.4 is 27.4 Å². The Kier molecular flexibility index (Phi) is 7.27. The average molecular weight is 650 g/mol. The zero-order chi connectivity index (χ0) is 27.1. The van der Waals surface area contributed by atoms with E-state index < -0.39 is 0 Å². The van der Waals surface area contributed by atoms with E-state index in [1.54, 1.807) is 21.3 Å². The van der Waals surface area contributed by atoms with E-state index in [9.17, 15) is 9.59 Å². The van der Waals surface area contributed by atoms with E-state index >= 15 is 0 Å². The van der Waals surface area contributed by atoms with Gasteiger partial charge in [0.2, 0.25) is 0 Å².